The molecule has 2 nitrogen and oxygen atoms in total. The van der Waals surface area contributed by atoms with E-state index in [1.165, 1.54) is 0 Å². The quantitative estimate of drug-likeness (QED) is 0.646. The minimum absolute atomic E-state index is 0.373. The zero-order valence-corrected chi connectivity index (χ0v) is 10.4. The van der Waals surface area contributed by atoms with Crippen molar-refractivity contribution in [2.45, 2.75) is 0 Å². The van der Waals surface area contributed by atoms with Gasteiger partial charge in [-0.15, -0.1) is 0 Å². The number of halogens is 2. The van der Waals surface area contributed by atoms with Crippen LogP contribution in [0.3, 0.4) is 0 Å². The Hall–Kier alpha value is -1.51. The van der Waals surface area contributed by atoms with E-state index in [0.29, 0.717) is 21.4 Å². The molecule has 0 bridgehead atoms. The van der Waals surface area contributed by atoms with Crippen molar-refractivity contribution in [2.24, 2.45) is 10.7 Å². The van der Waals surface area contributed by atoms with Gasteiger partial charge in [0.1, 0.15) is 5.84 Å². The van der Waals surface area contributed by atoms with Gasteiger partial charge in [0.2, 0.25) is 0 Å². The summed E-state index contributed by atoms with van der Waals surface area (Å²) in [6.07, 6.45) is 0. The van der Waals surface area contributed by atoms with E-state index < -0.39 is 0 Å². The number of hydrogen-bond acceptors (Lipinski definition) is 1. The SMILES string of the molecule is NC(=Nc1ccccc1)c1ccc(Cl)cc1Cl. The smallest absolute Gasteiger partial charge is 0.132 e. The van der Waals surface area contributed by atoms with E-state index in [1.54, 1.807) is 18.2 Å². The Morgan fingerprint density at radius 3 is 2.35 bits per heavy atom. The maximum atomic E-state index is 6.05. The molecule has 0 spiro atoms. The molecule has 2 N–H and O–H groups in total. The Balaban J connectivity index is 2.37. The molecule has 2 rings (SSSR count). The first-order valence-electron chi connectivity index (χ1n) is 5.01. The first-order valence-corrected chi connectivity index (χ1v) is 5.77. The number of nitrogens with two attached hydrogens (primary N) is 1. The number of nitrogens with zero attached hydrogens (tertiary/aromatic N) is 1. The number of amidine groups is 1. The monoisotopic (exact) mass is 264 g/mol. The number of benzene rings is 2. The summed E-state index contributed by atoms with van der Waals surface area (Å²) < 4.78 is 0. The van der Waals surface area contributed by atoms with Gasteiger partial charge in [-0.3, -0.25) is 0 Å². The zero-order valence-electron chi connectivity index (χ0n) is 8.90. The van der Waals surface area contributed by atoms with E-state index in [1.807, 2.05) is 30.3 Å². The molecular formula is C13H10Cl2N2. The minimum Gasteiger partial charge on any atom is -0.383 e. The lowest BCUT2D eigenvalue weighted by Gasteiger charge is -2.04. The molecule has 0 radical (unpaired) electrons. The molecule has 0 saturated carbocycles. The molecule has 4 heteroatoms. The van der Waals surface area contributed by atoms with E-state index in [4.69, 9.17) is 28.9 Å². The molecule has 0 heterocycles. The lowest BCUT2D eigenvalue weighted by Crippen LogP contribution is -2.13. The van der Waals surface area contributed by atoms with E-state index >= 15 is 0 Å². The Kier molecular flexibility index (Phi) is 3.67. The molecule has 0 amide bonds. The fourth-order valence-corrected chi connectivity index (χ4v) is 1.90. The van der Waals surface area contributed by atoms with E-state index in [-0.39, 0.29) is 0 Å². The largest absolute Gasteiger partial charge is 0.383 e. The van der Waals surface area contributed by atoms with Gasteiger partial charge in [-0.2, -0.15) is 0 Å². The molecule has 0 unspecified atom stereocenters. The van der Waals surface area contributed by atoms with Crippen molar-refractivity contribution in [3.05, 3.63) is 64.1 Å². The van der Waals surface area contributed by atoms with Crippen LogP contribution in [0.4, 0.5) is 5.69 Å². The highest BCUT2D eigenvalue weighted by molar-refractivity contribution is 6.36. The number of hydrogen-bond donors (Lipinski definition) is 1. The van der Waals surface area contributed by atoms with Gasteiger partial charge in [-0.05, 0) is 30.3 Å². The highest BCUT2D eigenvalue weighted by atomic mass is 35.5. The number of rotatable bonds is 2. The third-order valence-electron chi connectivity index (χ3n) is 2.21. The van der Waals surface area contributed by atoms with E-state index in [2.05, 4.69) is 4.99 Å². The van der Waals surface area contributed by atoms with Gasteiger partial charge < -0.3 is 5.73 Å². The zero-order chi connectivity index (χ0) is 12.3. The Labute approximate surface area is 110 Å². The molecule has 0 atom stereocenters. The normalized spacial score (nSPS) is 11.5. The third kappa shape index (κ3) is 2.99. The molecule has 0 aliphatic rings. The Morgan fingerprint density at radius 1 is 1.00 bits per heavy atom. The second-order valence-electron chi connectivity index (χ2n) is 3.46. The van der Waals surface area contributed by atoms with Crippen molar-refractivity contribution in [2.75, 3.05) is 0 Å². The van der Waals surface area contributed by atoms with Crippen LogP contribution in [-0.2, 0) is 0 Å². The molecule has 86 valence electrons. The predicted molar refractivity (Wildman–Crippen MR) is 73.3 cm³/mol. The summed E-state index contributed by atoms with van der Waals surface area (Å²) in [5.74, 6) is 0.373. The van der Waals surface area contributed by atoms with Crippen LogP contribution in [0.1, 0.15) is 5.56 Å². The molecule has 0 fully saturated rings. The molecule has 0 saturated heterocycles. The summed E-state index contributed by atoms with van der Waals surface area (Å²) in [5, 5.41) is 1.07. The molecule has 0 aliphatic heterocycles. The van der Waals surface area contributed by atoms with Gasteiger partial charge in [0.05, 0.1) is 10.7 Å². The van der Waals surface area contributed by atoms with E-state index in [0.717, 1.165) is 5.69 Å². The van der Waals surface area contributed by atoms with Crippen molar-refractivity contribution < 1.29 is 0 Å². The van der Waals surface area contributed by atoms with Crippen LogP contribution in [0.5, 0.6) is 0 Å². The van der Waals surface area contributed by atoms with Crippen LogP contribution in [0, 0.1) is 0 Å². The summed E-state index contributed by atoms with van der Waals surface area (Å²) in [6.45, 7) is 0. The van der Waals surface area contributed by atoms with E-state index in [9.17, 15) is 0 Å². The van der Waals surface area contributed by atoms with Gasteiger partial charge in [-0.1, -0.05) is 41.4 Å². The van der Waals surface area contributed by atoms with Crippen molar-refractivity contribution >= 4 is 34.7 Å². The Bertz CT molecular complexity index is 551. The van der Waals surface area contributed by atoms with Gasteiger partial charge in [-0.25, -0.2) is 4.99 Å². The predicted octanol–water partition coefficient (Wildman–Crippen LogP) is 4.03. The van der Waals surface area contributed by atoms with Crippen LogP contribution < -0.4 is 5.73 Å². The van der Waals surface area contributed by atoms with Crippen LogP contribution >= 0.6 is 23.2 Å². The van der Waals surface area contributed by atoms with Gasteiger partial charge in [0.15, 0.2) is 0 Å². The van der Waals surface area contributed by atoms with Crippen LogP contribution in [0.2, 0.25) is 10.0 Å². The maximum absolute atomic E-state index is 6.05. The van der Waals surface area contributed by atoms with Crippen molar-refractivity contribution in [3.8, 4) is 0 Å². The highest BCUT2D eigenvalue weighted by Crippen LogP contribution is 2.22. The highest BCUT2D eigenvalue weighted by Gasteiger charge is 2.05. The molecule has 0 aromatic heterocycles. The number of para-hydroxylation sites is 1. The standard InChI is InChI=1S/C13H10Cl2N2/c14-9-6-7-11(12(15)8-9)13(16)17-10-4-2-1-3-5-10/h1-8H,(H2,16,17). The lowest BCUT2D eigenvalue weighted by molar-refractivity contribution is 1.45. The average molecular weight is 265 g/mol. The van der Waals surface area contributed by atoms with Crippen LogP contribution in [0.25, 0.3) is 0 Å². The second-order valence-corrected chi connectivity index (χ2v) is 4.30. The summed E-state index contributed by atoms with van der Waals surface area (Å²) >= 11 is 11.9. The summed E-state index contributed by atoms with van der Waals surface area (Å²) in [6, 6.07) is 14.6. The molecule has 2 aromatic rings. The summed E-state index contributed by atoms with van der Waals surface area (Å²) in [4.78, 5) is 4.29. The van der Waals surface area contributed by atoms with Gasteiger partial charge in [0.25, 0.3) is 0 Å². The van der Waals surface area contributed by atoms with Crippen molar-refractivity contribution in [1.29, 1.82) is 0 Å². The first-order chi connectivity index (χ1) is 8.16. The fraction of sp³-hybridized carbons (Fsp3) is 0. The molecule has 0 aliphatic carbocycles. The van der Waals surface area contributed by atoms with Gasteiger partial charge in [0, 0.05) is 10.6 Å². The molecular weight excluding hydrogens is 255 g/mol. The van der Waals surface area contributed by atoms with Gasteiger partial charge >= 0.3 is 0 Å². The lowest BCUT2D eigenvalue weighted by atomic mass is 10.2. The summed E-state index contributed by atoms with van der Waals surface area (Å²) in [7, 11) is 0. The maximum Gasteiger partial charge on any atom is 0.132 e. The summed E-state index contributed by atoms with van der Waals surface area (Å²) in [5.41, 5.74) is 7.37. The number of aliphatic imine (C=N–C) groups is 1. The Morgan fingerprint density at radius 2 is 1.71 bits per heavy atom. The molecule has 2 aromatic carbocycles. The van der Waals surface area contributed by atoms with Crippen LogP contribution in [-0.4, -0.2) is 5.84 Å². The van der Waals surface area contributed by atoms with Crippen molar-refractivity contribution in [1.82, 2.24) is 0 Å². The topological polar surface area (TPSA) is 38.4 Å². The molecule has 17 heavy (non-hydrogen) atoms. The second kappa shape index (κ2) is 5.21. The minimum atomic E-state index is 0.373. The van der Waals surface area contributed by atoms with Crippen molar-refractivity contribution in [3.63, 3.8) is 0 Å². The third-order valence-corrected chi connectivity index (χ3v) is 2.76. The average Bonchev–Trinajstić information content (AvgIpc) is 2.30. The van der Waals surface area contributed by atoms with Crippen LogP contribution in [0.15, 0.2) is 53.5 Å². The first kappa shape index (κ1) is 12.0. The fourth-order valence-electron chi connectivity index (χ4n) is 1.40.